The van der Waals surface area contributed by atoms with Crippen LogP contribution >= 0.6 is 0 Å². The number of aromatic nitrogens is 2. The Morgan fingerprint density at radius 3 is 2.53 bits per heavy atom. The van der Waals surface area contributed by atoms with Crippen LogP contribution in [0.25, 0.3) is 0 Å². The highest BCUT2D eigenvalue weighted by molar-refractivity contribution is 5.49. The number of hydrogen-bond acceptors (Lipinski definition) is 5. The number of aryl methyl sites for hydroxylation is 1. The summed E-state index contributed by atoms with van der Waals surface area (Å²) in [5.41, 5.74) is 2.63. The molecule has 1 aromatic heterocycles. The summed E-state index contributed by atoms with van der Waals surface area (Å²) in [4.78, 5) is 11.3. The average molecular weight is 265 g/mol. The van der Waals surface area contributed by atoms with Crippen molar-refractivity contribution in [2.75, 3.05) is 16.9 Å². The van der Waals surface area contributed by atoms with E-state index < -0.39 is 0 Å². The molecular formula is C14H27N5. The number of anilines is 2. The van der Waals surface area contributed by atoms with Crippen LogP contribution in [-0.2, 0) is 6.42 Å². The van der Waals surface area contributed by atoms with Gasteiger partial charge in [0.15, 0.2) is 0 Å². The third-order valence-electron chi connectivity index (χ3n) is 3.14. The molecule has 0 fully saturated rings. The van der Waals surface area contributed by atoms with Crippen LogP contribution in [0, 0.1) is 0 Å². The van der Waals surface area contributed by atoms with Crippen LogP contribution in [-0.4, -0.2) is 22.6 Å². The predicted octanol–water partition coefficient (Wildman–Crippen LogP) is 2.73. The fourth-order valence-corrected chi connectivity index (χ4v) is 2.03. The van der Waals surface area contributed by atoms with Gasteiger partial charge in [-0.2, -0.15) is 0 Å². The number of unbranched alkanes of at least 4 members (excludes halogenated alkanes) is 2. The van der Waals surface area contributed by atoms with Gasteiger partial charge in [0.2, 0.25) is 0 Å². The number of rotatable bonds is 8. The predicted molar refractivity (Wildman–Crippen MR) is 81.2 cm³/mol. The summed E-state index contributed by atoms with van der Waals surface area (Å²) in [5.74, 6) is 7.95. The van der Waals surface area contributed by atoms with Gasteiger partial charge in [0.1, 0.15) is 17.5 Å². The van der Waals surface area contributed by atoms with Crippen molar-refractivity contribution in [3.8, 4) is 0 Å². The Bertz CT molecular complexity index is 356. The van der Waals surface area contributed by atoms with Gasteiger partial charge in [-0.15, -0.1) is 0 Å². The molecule has 0 saturated carbocycles. The lowest BCUT2D eigenvalue weighted by atomic mass is 10.2. The van der Waals surface area contributed by atoms with E-state index in [2.05, 4.69) is 48.0 Å². The normalized spacial score (nSPS) is 10.8. The molecule has 1 aromatic rings. The maximum Gasteiger partial charge on any atom is 0.145 e. The van der Waals surface area contributed by atoms with Crippen LogP contribution in [0.2, 0.25) is 0 Å². The second-order valence-corrected chi connectivity index (χ2v) is 5.02. The first kappa shape index (κ1) is 15.7. The third-order valence-corrected chi connectivity index (χ3v) is 3.14. The largest absolute Gasteiger partial charge is 0.354 e. The highest BCUT2D eigenvalue weighted by atomic mass is 15.3. The van der Waals surface area contributed by atoms with Gasteiger partial charge in [0, 0.05) is 25.1 Å². The minimum absolute atomic E-state index is 0.419. The minimum atomic E-state index is 0.419. The van der Waals surface area contributed by atoms with E-state index in [4.69, 9.17) is 5.84 Å². The van der Waals surface area contributed by atoms with Crippen molar-refractivity contribution < 1.29 is 0 Å². The van der Waals surface area contributed by atoms with Crippen LogP contribution in [0.3, 0.4) is 0 Å². The van der Waals surface area contributed by atoms with Crippen molar-refractivity contribution in [2.45, 2.75) is 59.4 Å². The molecule has 0 unspecified atom stereocenters. The minimum Gasteiger partial charge on any atom is -0.354 e. The second kappa shape index (κ2) is 7.94. The van der Waals surface area contributed by atoms with E-state index in [1.54, 1.807) is 0 Å². The molecule has 0 bridgehead atoms. The molecule has 0 aliphatic heterocycles. The zero-order valence-electron chi connectivity index (χ0n) is 12.6. The van der Waals surface area contributed by atoms with Gasteiger partial charge < -0.3 is 10.3 Å². The molecule has 108 valence electrons. The molecule has 0 aliphatic carbocycles. The van der Waals surface area contributed by atoms with E-state index >= 15 is 0 Å². The number of nitrogen functional groups attached to an aromatic ring is 1. The van der Waals surface area contributed by atoms with E-state index in [0.29, 0.717) is 11.9 Å². The van der Waals surface area contributed by atoms with Crippen LogP contribution in [0.5, 0.6) is 0 Å². The second-order valence-electron chi connectivity index (χ2n) is 5.02. The third kappa shape index (κ3) is 4.67. The van der Waals surface area contributed by atoms with Crippen LogP contribution in [0.4, 0.5) is 11.6 Å². The molecule has 0 radical (unpaired) electrons. The average Bonchev–Trinajstić information content (AvgIpc) is 2.42. The summed E-state index contributed by atoms with van der Waals surface area (Å²) in [6.45, 7) is 9.67. The van der Waals surface area contributed by atoms with Gasteiger partial charge in [-0.3, -0.25) is 0 Å². The van der Waals surface area contributed by atoms with E-state index in [-0.39, 0.29) is 0 Å². The fourth-order valence-electron chi connectivity index (χ4n) is 2.03. The van der Waals surface area contributed by atoms with Gasteiger partial charge in [-0.1, -0.05) is 26.7 Å². The Morgan fingerprint density at radius 1 is 1.26 bits per heavy atom. The maximum absolute atomic E-state index is 5.48. The van der Waals surface area contributed by atoms with Gasteiger partial charge in [-0.05, 0) is 20.3 Å². The summed E-state index contributed by atoms with van der Waals surface area (Å²) >= 11 is 0. The molecule has 0 atom stereocenters. The van der Waals surface area contributed by atoms with Crippen molar-refractivity contribution in [3.05, 3.63) is 11.9 Å². The molecule has 1 heterocycles. The van der Waals surface area contributed by atoms with Gasteiger partial charge in [-0.25, -0.2) is 15.8 Å². The van der Waals surface area contributed by atoms with E-state index in [1.165, 1.54) is 19.3 Å². The molecule has 0 aliphatic rings. The van der Waals surface area contributed by atoms with Gasteiger partial charge in [0.25, 0.3) is 0 Å². The van der Waals surface area contributed by atoms with Crippen molar-refractivity contribution >= 4 is 11.6 Å². The topological polar surface area (TPSA) is 67.1 Å². The Balaban J connectivity index is 2.93. The molecule has 0 spiro atoms. The Labute approximate surface area is 116 Å². The fraction of sp³-hybridized carbons (Fsp3) is 0.714. The summed E-state index contributed by atoms with van der Waals surface area (Å²) in [6, 6.07) is 2.34. The molecule has 5 heteroatoms. The molecule has 1 rings (SSSR count). The summed E-state index contributed by atoms with van der Waals surface area (Å²) < 4.78 is 0. The summed E-state index contributed by atoms with van der Waals surface area (Å²) in [6.07, 6.45) is 4.47. The highest BCUT2D eigenvalue weighted by Gasteiger charge is 2.13. The standard InChI is InChI=1S/C14H27N5/c1-5-7-8-9-19(11(3)4)14-10-13(18-15)16-12(6-2)17-14/h10-11H,5-9,15H2,1-4H3,(H,16,17,18). The van der Waals surface area contributed by atoms with E-state index in [0.717, 1.165) is 24.6 Å². The lowest BCUT2D eigenvalue weighted by Crippen LogP contribution is -2.33. The van der Waals surface area contributed by atoms with Crippen LogP contribution < -0.4 is 16.2 Å². The molecule has 0 amide bonds. The molecule has 0 saturated heterocycles. The quantitative estimate of drug-likeness (QED) is 0.430. The van der Waals surface area contributed by atoms with Crippen molar-refractivity contribution in [3.63, 3.8) is 0 Å². The van der Waals surface area contributed by atoms with Gasteiger partial charge in [0.05, 0.1) is 0 Å². The molecule has 19 heavy (non-hydrogen) atoms. The van der Waals surface area contributed by atoms with Crippen molar-refractivity contribution in [1.29, 1.82) is 0 Å². The zero-order valence-corrected chi connectivity index (χ0v) is 12.6. The number of nitrogens with one attached hydrogen (secondary N) is 1. The van der Waals surface area contributed by atoms with Crippen LogP contribution in [0.15, 0.2) is 6.07 Å². The van der Waals surface area contributed by atoms with E-state index in [1.807, 2.05) is 6.07 Å². The summed E-state index contributed by atoms with van der Waals surface area (Å²) in [5, 5.41) is 0. The monoisotopic (exact) mass is 265 g/mol. The Kier molecular flexibility index (Phi) is 6.56. The first-order chi connectivity index (χ1) is 9.12. The zero-order chi connectivity index (χ0) is 14.3. The molecule has 0 aromatic carbocycles. The Morgan fingerprint density at radius 2 is 2.00 bits per heavy atom. The first-order valence-electron chi connectivity index (χ1n) is 7.23. The van der Waals surface area contributed by atoms with Crippen molar-refractivity contribution in [1.82, 2.24) is 9.97 Å². The lowest BCUT2D eigenvalue weighted by molar-refractivity contribution is 0.617. The molecule has 5 nitrogen and oxygen atoms in total. The smallest absolute Gasteiger partial charge is 0.145 e. The van der Waals surface area contributed by atoms with E-state index in [9.17, 15) is 0 Å². The van der Waals surface area contributed by atoms with Crippen molar-refractivity contribution in [2.24, 2.45) is 5.84 Å². The number of hydrazine groups is 1. The highest BCUT2D eigenvalue weighted by Crippen LogP contribution is 2.19. The molecular weight excluding hydrogens is 238 g/mol. The number of hydrogen-bond donors (Lipinski definition) is 2. The summed E-state index contributed by atoms with van der Waals surface area (Å²) in [7, 11) is 0. The Hall–Kier alpha value is -1.36. The lowest BCUT2D eigenvalue weighted by Gasteiger charge is -2.28. The first-order valence-corrected chi connectivity index (χ1v) is 7.23. The SMILES string of the molecule is CCCCCN(c1cc(NN)nc(CC)n1)C(C)C. The number of nitrogens with zero attached hydrogens (tertiary/aromatic N) is 3. The number of nitrogens with two attached hydrogens (primary N) is 1. The maximum atomic E-state index is 5.48. The van der Waals surface area contributed by atoms with Crippen LogP contribution in [0.1, 0.15) is 52.8 Å². The van der Waals surface area contributed by atoms with Gasteiger partial charge >= 0.3 is 0 Å². The molecule has 3 N–H and O–H groups in total.